The van der Waals surface area contributed by atoms with Gasteiger partial charge in [-0.3, -0.25) is 0 Å². The lowest BCUT2D eigenvalue weighted by molar-refractivity contribution is 0.752. The van der Waals surface area contributed by atoms with Crippen molar-refractivity contribution < 1.29 is 0 Å². The van der Waals surface area contributed by atoms with E-state index in [2.05, 4.69) is 64.4 Å². The first-order valence-corrected chi connectivity index (χ1v) is 11.6. The number of thiophene rings is 1. The van der Waals surface area contributed by atoms with E-state index in [1.807, 2.05) is 30.3 Å². The largest absolute Gasteiger partial charge is 0.363 e. The number of nitrogens with zero attached hydrogens (tertiary/aromatic N) is 4. The van der Waals surface area contributed by atoms with Crippen LogP contribution in [0.25, 0.3) is 26.8 Å². The molecule has 0 saturated carbocycles. The summed E-state index contributed by atoms with van der Waals surface area (Å²) in [5, 5.41) is 9.49. The third kappa shape index (κ3) is 3.26. The molecule has 6 nitrogen and oxygen atoms in total. The average molecular weight is 543 g/mol. The van der Waals surface area contributed by atoms with Gasteiger partial charge in [-0.1, -0.05) is 30.9 Å². The zero-order valence-corrected chi connectivity index (χ0v) is 19.5. The molecule has 4 heterocycles. The minimum Gasteiger partial charge on any atom is -0.363 e. The number of benzene rings is 1. The number of hydrogen-bond donors (Lipinski definition) is 2. The minimum atomic E-state index is 0.586. The predicted molar refractivity (Wildman–Crippen MR) is 133 cm³/mol. The van der Waals surface area contributed by atoms with Crippen LogP contribution < -0.4 is 30.3 Å². The fourth-order valence-electron chi connectivity index (χ4n) is 3.58. The highest BCUT2D eigenvalue weighted by Crippen LogP contribution is 2.20. The molecule has 5 rings (SSSR count). The van der Waals surface area contributed by atoms with E-state index in [0.717, 1.165) is 46.5 Å². The van der Waals surface area contributed by atoms with Crippen molar-refractivity contribution in [3.8, 4) is 0 Å². The molecule has 0 unspecified atom stereocenters. The number of fused-ring (bicyclic) bond motifs is 2. The molecule has 0 radical (unpaired) electrons. The van der Waals surface area contributed by atoms with Crippen LogP contribution in [0.4, 0.5) is 5.82 Å². The number of H-pyrrole nitrogens is 1. The molecule has 0 atom stereocenters. The fraction of sp³-hybridized carbons (Fsp3) is 0.0952. The van der Waals surface area contributed by atoms with Gasteiger partial charge in [0, 0.05) is 5.39 Å². The van der Waals surface area contributed by atoms with Crippen LogP contribution in [0.1, 0.15) is 0 Å². The quantitative estimate of drug-likeness (QED) is 0.232. The van der Waals surface area contributed by atoms with Crippen molar-refractivity contribution in [1.82, 2.24) is 24.5 Å². The fourth-order valence-corrected chi connectivity index (χ4v) is 5.91. The monoisotopic (exact) mass is 543 g/mol. The molecule has 1 aliphatic rings. The molecule has 0 saturated heterocycles. The summed E-state index contributed by atoms with van der Waals surface area (Å²) in [6.45, 7) is 5.58. The Morgan fingerprint density at radius 2 is 2.07 bits per heavy atom. The molecular formula is C21H16IN6S2+. The third-order valence-electron chi connectivity index (χ3n) is 4.93. The lowest BCUT2D eigenvalue weighted by atomic mass is 10.2. The van der Waals surface area contributed by atoms with Crippen molar-refractivity contribution in [2.45, 2.75) is 0 Å². The Kier molecular flexibility index (Phi) is 5.17. The van der Waals surface area contributed by atoms with Gasteiger partial charge in [-0.25, -0.2) is 15.0 Å². The Hall–Kier alpha value is -2.50. The van der Waals surface area contributed by atoms with Crippen LogP contribution >= 0.6 is 46.1 Å². The SMILES string of the molecule is C=c1ccs/c1=C1/C(I)=c2[nH]cnc(=S)c2=[N+]1CCNc1ncnc2ccccc12. The van der Waals surface area contributed by atoms with E-state index < -0.39 is 0 Å². The number of nitrogens with one attached hydrogen (secondary N) is 2. The van der Waals surface area contributed by atoms with Crippen LogP contribution in [0.5, 0.6) is 0 Å². The highest BCUT2D eigenvalue weighted by Gasteiger charge is 2.29. The van der Waals surface area contributed by atoms with Crippen molar-refractivity contribution >= 4 is 78.7 Å². The smallest absolute Gasteiger partial charge is 0.268 e. The first-order valence-electron chi connectivity index (χ1n) is 9.24. The van der Waals surface area contributed by atoms with Crippen molar-refractivity contribution in [1.29, 1.82) is 0 Å². The van der Waals surface area contributed by atoms with E-state index in [-0.39, 0.29) is 0 Å². The molecular weight excluding hydrogens is 527 g/mol. The molecule has 30 heavy (non-hydrogen) atoms. The second-order valence-electron chi connectivity index (χ2n) is 6.69. The van der Waals surface area contributed by atoms with Gasteiger partial charge in [-0.15, -0.1) is 11.3 Å². The maximum Gasteiger partial charge on any atom is 0.268 e. The number of aromatic amines is 1. The molecule has 1 aromatic carbocycles. The molecule has 1 aliphatic heterocycles. The summed E-state index contributed by atoms with van der Waals surface area (Å²) in [6, 6.07) is 10.0. The summed E-state index contributed by atoms with van der Waals surface area (Å²) in [6.07, 6.45) is 3.25. The molecule has 4 aromatic rings. The zero-order chi connectivity index (χ0) is 20.7. The van der Waals surface area contributed by atoms with Gasteiger partial charge in [-0.2, -0.15) is 4.58 Å². The van der Waals surface area contributed by atoms with Gasteiger partial charge in [0.2, 0.25) is 10.3 Å². The summed E-state index contributed by atoms with van der Waals surface area (Å²) < 4.78 is 5.09. The Bertz CT molecular complexity index is 1580. The standard InChI is InChI=1S/C21H15IN6S2/c1-12-6-9-30-19(12)17-15(22)16-18(21(29)27-11-25-16)28(17)8-7-23-20-13-4-2-3-5-14(13)24-10-26-20/h2-6,9-11H,1,7-8H2,(H-,23,24,25,26,27,29)/p+1/b19-17-. The highest BCUT2D eigenvalue weighted by molar-refractivity contribution is 14.1. The van der Waals surface area contributed by atoms with Crippen LogP contribution in [0.3, 0.4) is 0 Å². The topological polar surface area (TPSA) is 69.5 Å². The summed E-state index contributed by atoms with van der Waals surface area (Å²) in [5.74, 6) is 0.825. The minimum absolute atomic E-state index is 0.586. The van der Waals surface area contributed by atoms with Gasteiger partial charge in [0.05, 0.1) is 18.4 Å². The van der Waals surface area contributed by atoms with Crippen LogP contribution in [-0.4, -0.2) is 33.0 Å². The Morgan fingerprint density at radius 1 is 1.20 bits per heavy atom. The molecule has 0 spiro atoms. The summed E-state index contributed by atoms with van der Waals surface area (Å²) in [4.78, 5) is 16.3. The Morgan fingerprint density at radius 3 is 2.90 bits per heavy atom. The number of para-hydroxylation sites is 1. The number of aromatic nitrogens is 4. The zero-order valence-electron chi connectivity index (χ0n) is 15.7. The highest BCUT2D eigenvalue weighted by atomic mass is 127. The lowest BCUT2D eigenvalue weighted by Crippen LogP contribution is -2.40. The second kappa shape index (κ2) is 7.97. The molecule has 3 aromatic heterocycles. The second-order valence-corrected chi connectivity index (χ2v) is 9.07. The van der Waals surface area contributed by atoms with Crippen molar-refractivity contribution in [3.63, 3.8) is 0 Å². The van der Waals surface area contributed by atoms with E-state index in [0.29, 0.717) is 17.7 Å². The summed E-state index contributed by atoms with van der Waals surface area (Å²) in [5.41, 5.74) is 2.04. The molecule has 2 N–H and O–H groups in total. The molecule has 0 bridgehead atoms. The maximum atomic E-state index is 5.58. The first-order chi connectivity index (χ1) is 14.6. The molecule has 148 valence electrons. The number of halogens is 1. The van der Waals surface area contributed by atoms with E-state index in [1.165, 1.54) is 0 Å². The Labute approximate surface area is 194 Å². The van der Waals surface area contributed by atoms with Crippen molar-refractivity contribution in [2.24, 2.45) is 0 Å². The van der Waals surface area contributed by atoms with Crippen molar-refractivity contribution in [3.05, 3.63) is 73.5 Å². The third-order valence-corrected chi connectivity index (χ3v) is 7.24. The van der Waals surface area contributed by atoms with Crippen LogP contribution in [0.2, 0.25) is 0 Å². The van der Waals surface area contributed by atoms with Crippen molar-refractivity contribution in [2.75, 3.05) is 18.4 Å². The first kappa shape index (κ1) is 19.5. The van der Waals surface area contributed by atoms with E-state index in [9.17, 15) is 0 Å². The number of rotatable bonds is 4. The molecule has 0 fully saturated rings. The van der Waals surface area contributed by atoms with Gasteiger partial charge in [0.25, 0.3) is 5.36 Å². The maximum absolute atomic E-state index is 5.58. The van der Waals surface area contributed by atoms with E-state index in [4.69, 9.17) is 12.2 Å². The average Bonchev–Trinajstić information content (AvgIpc) is 3.29. The molecule has 0 amide bonds. The normalized spacial score (nSPS) is 15.0. The van der Waals surface area contributed by atoms with Crippen LogP contribution in [0, 0.1) is 4.64 Å². The van der Waals surface area contributed by atoms with Gasteiger partial charge >= 0.3 is 0 Å². The predicted octanol–water partition coefficient (Wildman–Crippen LogP) is 1.52. The lowest BCUT2D eigenvalue weighted by Gasteiger charge is -2.07. The van der Waals surface area contributed by atoms with E-state index >= 15 is 0 Å². The number of anilines is 1. The van der Waals surface area contributed by atoms with E-state index in [1.54, 1.807) is 24.0 Å². The molecule has 0 aliphatic carbocycles. The van der Waals surface area contributed by atoms with Crippen LogP contribution in [0.15, 0.2) is 48.4 Å². The van der Waals surface area contributed by atoms with Gasteiger partial charge in [0.15, 0.2) is 6.54 Å². The molecule has 9 heteroatoms. The summed E-state index contributed by atoms with van der Waals surface area (Å²) in [7, 11) is 0. The van der Waals surface area contributed by atoms with Gasteiger partial charge < -0.3 is 10.3 Å². The van der Waals surface area contributed by atoms with Crippen LogP contribution in [-0.2, 0) is 0 Å². The Balaban J connectivity index is 1.59. The van der Waals surface area contributed by atoms with Gasteiger partial charge in [0.1, 0.15) is 25.6 Å². The number of hydrogen-bond acceptors (Lipinski definition) is 6. The van der Waals surface area contributed by atoms with Gasteiger partial charge in [-0.05, 0) is 51.4 Å². The summed E-state index contributed by atoms with van der Waals surface area (Å²) >= 11 is 9.64.